The van der Waals surface area contributed by atoms with Crippen LogP contribution in [0.2, 0.25) is 0 Å². The van der Waals surface area contributed by atoms with Gasteiger partial charge in [-0.25, -0.2) is 0 Å². The van der Waals surface area contributed by atoms with Crippen LogP contribution >= 0.6 is 0 Å². The molecular weight excluding hydrogens is 166 g/mol. The van der Waals surface area contributed by atoms with Crippen LogP contribution in [0.5, 0.6) is 0 Å². The Hall–Kier alpha value is -0.860. The number of carbonyl (C=O) groups excluding carboxylic acids is 2. The van der Waals surface area contributed by atoms with Crippen molar-refractivity contribution in [1.29, 1.82) is 0 Å². The molecule has 0 aromatic heterocycles. The Morgan fingerprint density at radius 1 is 1.15 bits per heavy atom. The Morgan fingerprint density at radius 3 is 2.08 bits per heavy atom. The maximum Gasteiger partial charge on any atom is 0.236 e. The number of carbonyl (C=O) groups is 2. The minimum Gasteiger partial charge on any atom is -0.342 e. The Labute approximate surface area is 78.1 Å². The number of hydrogen-bond acceptors (Lipinski definition) is 2. The maximum atomic E-state index is 11.9. The molecule has 1 saturated heterocycles. The second-order valence-electron chi connectivity index (χ2n) is 4.14. The van der Waals surface area contributed by atoms with Crippen molar-refractivity contribution in [3.05, 3.63) is 0 Å². The third kappa shape index (κ3) is 1.26. The van der Waals surface area contributed by atoms with Gasteiger partial charge in [0.1, 0.15) is 11.2 Å². The molecule has 0 bridgehead atoms. The molecular formula is C10H15NO2. The van der Waals surface area contributed by atoms with Crippen molar-refractivity contribution in [2.75, 3.05) is 13.1 Å². The predicted octanol–water partition coefficient (Wildman–Crippen LogP) is 0.978. The fourth-order valence-corrected chi connectivity index (χ4v) is 2.06. The van der Waals surface area contributed by atoms with Gasteiger partial charge in [-0.15, -0.1) is 0 Å². The van der Waals surface area contributed by atoms with Gasteiger partial charge in [0.05, 0.1) is 0 Å². The first-order valence-electron chi connectivity index (χ1n) is 4.97. The van der Waals surface area contributed by atoms with Gasteiger partial charge in [-0.2, -0.15) is 0 Å². The van der Waals surface area contributed by atoms with E-state index in [1.807, 2.05) is 4.90 Å². The molecule has 0 N–H and O–H groups in total. The number of Topliss-reactive ketones (excluding diaryl/α,β-unsaturated/α-hetero) is 1. The molecule has 0 unspecified atom stereocenters. The molecule has 0 atom stereocenters. The second-order valence-corrected chi connectivity index (χ2v) is 4.14. The summed E-state index contributed by atoms with van der Waals surface area (Å²) >= 11 is 0. The van der Waals surface area contributed by atoms with E-state index < -0.39 is 5.41 Å². The minimum absolute atomic E-state index is 0.0596. The van der Waals surface area contributed by atoms with Crippen molar-refractivity contribution >= 4 is 11.7 Å². The number of nitrogens with zero attached hydrogens (tertiary/aromatic N) is 1. The zero-order chi connectivity index (χ0) is 9.47. The number of rotatable bonds is 2. The first-order valence-corrected chi connectivity index (χ1v) is 4.97. The van der Waals surface area contributed by atoms with E-state index in [0.717, 1.165) is 38.8 Å². The van der Waals surface area contributed by atoms with E-state index in [2.05, 4.69) is 0 Å². The summed E-state index contributed by atoms with van der Waals surface area (Å²) in [6, 6.07) is 0. The summed E-state index contributed by atoms with van der Waals surface area (Å²) in [5.74, 6) is 0.155. The molecule has 0 spiro atoms. The third-order valence-corrected chi connectivity index (χ3v) is 3.23. The summed E-state index contributed by atoms with van der Waals surface area (Å²) in [7, 11) is 0. The van der Waals surface area contributed by atoms with Crippen molar-refractivity contribution in [3.8, 4) is 0 Å². The molecule has 13 heavy (non-hydrogen) atoms. The zero-order valence-corrected chi connectivity index (χ0v) is 8.01. The number of hydrogen-bond donors (Lipinski definition) is 0. The zero-order valence-electron chi connectivity index (χ0n) is 8.01. The Bertz CT molecular complexity index is 250. The van der Waals surface area contributed by atoms with E-state index in [4.69, 9.17) is 0 Å². The van der Waals surface area contributed by atoms with E-state index >= 15 is 0 Å². The lowest BCUT2D eigenvalue weighted by Gasteiger charge is -2.20. The monoisotopic (exact) mass is 181 g/mol. The van der Waals surface area contributed by atoms with Gasteiger partial charge < -0.3 is 4.90 Å². The maximum absolute atomic E-state index is 11.9. The topological polar surface area (TPSA) is 37.4 Å². The number of likely N-dealkylation sites (tertiary alicyclic amines) is 1. The van der Waals surface area contributed by atoms with E-state index in [0.29, 0.717) is 0 Å². The third-order valence-electron chi connectivity index (χ3n) is 3.23. The van der Waals surface area contributed by atoms with Crippen LogP contribution in [0, 0.1) is 5.41 Å². The van der Waals surface area contributed by atoms with E-state index in [-0.39, 0.29) is 11.7 Å². The summed E-state index contributed by atoms with van der Waals surface area (Å²) in [6.07, 6.45) is 3.74. The predicted molar refractivity (Wildman–Crippen MR) is 48.2 cm³/mol. The molecule has 72 valence electrons. The van der Waals surface area contributed by atoms with Gasteiger partial charge in [0, 0.05) is 13.1 Å². The lowest BCUT2D eigenvalue weighted by atomic mass is 10.0. The molecule has 1 saturated carbocycles. The van der Waals surface area contributed by atoms with Crippen LogP contribution in [0.3, 0.4) is 0 Å². The first kappa shape index (κ1) is 8.73. The molecule has 2 fully saturated rings. The highest BCUT2D eigenvalue weighted by molar-refractivity contribution is 6.07. The molecule has 0 aromatic rings. The van der Waals surface area contributed by atoms with Crippen LogP contribution in [0.25, 0.3) is 0 Å². The summed E-state index contributed by atoms with van der Waals surface area (Å²) in [5.41, 5.74) is -0.579. The van der Waals surface area contributed by atoms with Gasteiger partial charge in [0.2, 0.25) is 5.91 Å². The van der Waals surface area contributed by atoms with Crippen molar-refractivity contribution < 1.29 is 9.59 Å². The minimum atomic E-state index is -0.579. The quantitative estimate of drug-likeness (QED) is 0.595. The highest BCUT2D eigenvalue weighted by Crippen LogP contribution is 2.48. The molecule has 1 aliphatic heterocycles. The van der Waals surface area contributed by atoms with Crippen LogP contribution in [-0.4, -0.2) is 29.7 Å². The number of amides is 1. The van der Waals surface area contributed by atoms with E-state index in [9.17, 15) is 9.59 Å². The molecule has 2 rings (SSSR count). The van der Waals surface area contributed by atoms with Crippen molar-refractivity contribution in [2.24, 2.45) is 5.41 Å². The van der Waals surface area contributed by atoms with E-state index in [1.165, 1.54) is 0 Å². The fraction of sp³-hybridized carbons (Fsp3) is 0.800. The van der Waals surface area contributed by atoms with Crippen LogP contribution in [0.15, 0.2) is 0 Å². The summed E-state index contributed by atoms with van der Waals surface area (Å²) in [4.78, 5) is 25.0. The second kappa shape index (κ2) is 2.82. The van der Waals surface area contributed by atoms with Gasteiger partial charge in [-0.05, 0) is 32.6 Å². The highest BCUT2D eigenvalue weighted by Gasteiger charge is 2.55. The smallest absolute Gasteiger partial charge is 0.236 e. The van der Waals surface area contributed by atoms with Crippen LogP contribution in [0.4, 0.5) is 0 Å². The molecule has 3 heteroatoms. The largest absolute Gasteiger partial charge is 0.342 e. The molecule has 1 aliphatic carbocycles. The molecule has 2 aliphatic rings. The lowest BCUT2D eigenvalue weighted by Crippen LogP contribution is -2.38. The van der Waals surface area contributed by atoms with Crippen LogP contribution in [-0.2, 0) is 9.59 Å². The average molecular weight is 181 g/mol. The molecule has 3 nitrogen and oxygen atoms in total. The van der Waals surface area contributed by atoms with Crippen molar-refractivity contribution in [2.45, 2.75) is 32.6 Å². The van der Waals surface area contributed by atoms with E-state index in [1.54, 1.807) is 6.92 Å². The molecule has 0 aromatic carbocycles. The summed E-state index contributed by atoms with van der Waals surface area (Å²) in [5, 5.41) is 0. The first-order chi connectivity index (χ1) is 6.17. The van der Waals surface area contributed by atoms with Gasteiger partial charge in [-0.3, -0.25) is 9.59 Å². The summed E-state index contributed by atoms with van der Waals surface area (Å²) < 4.78 is 0. The summed E-state index contributed by atoms with van der Waals surface area (Å²) in [6.45, 7) is 3.25. The Kier molecular flexibility index (Phi) is 1.90. The van der Waals surface area contributed by atoms with Crippen LogP contribution < -0.4 is 0 Å². The van der Waals surface area contributed by atoms with Gasteiger partial charge in [0.25, 0.3) is 0 Å². The molecule has 0 radical (unpaired) electrons. The molecule has 1 amide bonds. The van der Waals surface area contributed by atoms with Gasteiger partial charge in [0.15, 0.2) is 0 Å². The van der Waals surface area contributed by atoms with Gasteiger partial charge >= 0.3 is 0 Å². The standard InChI is InChI=1S/C10H15NO2/c1-8(12)10(4-5-10)9(13)11-6-2-3-7-11/h2-7H2,1H3. The number of ketones is 1. The molecule has 1 heterocycles. The average Bonchev–Trinajstić information content (AvgIpc) is 2.74. The van der Waals surface area contributed by atoms with Crippen LogP contribution in [0.1, 0.15) is 32.6 Å². The van der Waals surface area contributed by atoms with Gasteiger partial charge in [-0.1, -0.05) is 0 Å². The Morgan fingerprint density at radius 2 is 1.69 bits per heavy atom. The fourth-order valence-electron chi connectivity index (χ4n) is 2.06. The SMILES string of the molecule is CC(=O)C1(C(=O)N2CCCC2)CC1. The van der Waals surface area contributed by atoms with Crippen molar-refractivity contribution in [1.82, 2.24) is 4.90 Å². The highest BCUT2D eigenvalue weighted by atomic mass is 16.2. The normalized spacial score (nSPS) is 24.5. The van der Waals surface area contributed by atoms with Crippen molar-refractivity contribution in [3.63, 3.8) is 0 Å². The lowest BCUT2D eigenvalue weighted by molar-refractivity contribution is -0.141. The Balaban J connectivity index is 2.08.